The van der Waals surface area contributed by atoms with Gasteiger partial charge in [0.15, 0.2) is 0 Å². The standard InChI is InChI=1S/C20H17ClF2O2/c1-24-17-11-10-13(12-7-5-8-15(21)19(12)23)20(25-2)18(17)14-6-3-4-9-16(14)22/h3-7,9-11,15H,8H2,1-2H3. The zero-order chi connectivity index (χ0) is 18.0. The maximum absolute atomic E-state index is 14.6. The van der Waals surface area contributed by atoms with Crippen LogP contribution < -0.4 is 9.47 Å². The zero-order valence-electron chi connectivity index (χ0n) is 13.9. The van der Waals surface area contributed by atoms with E-state index in [1.54, 1.807) is 36.4 Å². The molecule has 0 radical (unpaired) electrons. The fourth-order valence-electron chi connectivity index (χ4n) is 2.95. The Hall–Kier alpha value is -2.33. The highest BCUT2D eigenvalue weighted by Gasteiger charge is 2.25. The van der Waals surface area contributed by atoms with Crippen molar-refractivity contribution in [2.24, 2.45) is 0 Å². The highest BCUT2D eigenvalue weighted by atomic mass is 35.5. The molecule has 0 saturated carbocycles. The van der Waals surface area contributed by atoms with E-state index in [-0.39, 0.29) is 0 Å². The van der Waals surface area contributed by atoms with Crippen LogP contribution in [0.25, 0.3) is 16.7 Å². The Morgan fingerprint density at radius 1 is 1.00 bits per heavy atom. The molecule has 5 heteroatoms. The fraction of sp³-hybridized carbons (Fsp3) is 0.200. The van der Waals surface area contributed by atoms with Crippen LogP contribution in [-0.2, 0) is 0 Å². The van der Waals surface area contributed by atoms with E-state index >= 15 is 0 Å². The summed E-state index contributed by atoms with van der Waals surface area (Å²) < 4.78 is 39.9. The van der Waals surface area contributed by atoms with Gasteiger partial charge in [0, 0.05) is 16.7 Å². The Labute approximate surface area is 150 Å². The molecule has 1 atom stereocenters. The smallest absolute Gasteiger partial charge is 0.138 e. The van der Waals surface area contributed by atoms with Crippen LogP contribution in [0.5, 0.6) is 11.5 Å². The van der Waals surface area contributed by atoms with Gasteiger partial charge >= 0.3 is 0 Å². The van der Waals surface area contributed by atoms with E-state index in [0.717, 1.165) is 0 Å². The van der Waals surface area contributed by atoms with E-state index in [0.29, 0.717) is 40.2 Å². The fourth-order valence-corrected chi connectivity index (χ4v) is 3.17. The highest BCUT2D eigenvalue weighted by Crippen LogP contribution is 2.46. The Balaban J connectivity index is 2.31. The van der Waals surface area contributed by atoms with E-state index in [4.69, 9.17) is 21.1 Å². The third kappa shape index (κ3) is 3.14. The molecule has 0 bridgehead atoms. The summed E-state index contributed by atoms with van der Waals surface area (Å²) in [6.07, 6.45) is 3.90. The minimum Gasteiger partial charge on any atom is -0.496 e. The molecule has 2 aromatic rings. The summed E-state index contributed by atoms with van der Waals surface area (Å²) in [6, 6.07) is 9.67. The van der Waals surface area contributed by atoms with E-state index < -0.39 is 17.0 Å². The molecule has 0 fully saturated rings. The Bertz CT molecular complexity index is 859. The summed E-state index contributed by atoms with van der Waals surface area (Å²) in [5.74, 6) is -0.0637. The molecule has 2 aromatic carbocycles. The number of rotatable bonds is 4. The van der Waals surface area contributed by atoms with Crippen molar-refractivity contribution in [1.82, 2.24) is 0 Å². The number of halogens is 3. The lowest BCUT2D eigenvalue weighted by Gasteiger charge is -2.20. The second kappa shape index (κ2) is 7.28. The van der Waals surface area contributed by atoms with Gasteiger partial charge in [0.05, 0.1) is 25.2 Å². The van der Waals surface area contributed by atoms with Crippen molar-refractivity contribution in [3.8, 4) is 22.6 Å². The maximum Gasteiger partial charge on any atom is 0.138 e. The first-order valence-electron chi connectivity index (χ1n) is 7.79. The van der Waals surface area contributed by atoms with Gasteiger partial charge < -0.3 is 9.47 Å². The molecule has 1 aliphatic carbocycles. The number of methoxy groups -OCH3 is 2. The van der Waals surface area contributed by atoms with Crippen LogP contribution in [0.15, 0.2) is 54.4 Å². The quantitative estimate of drug-likeness (QED) is 0.644. The van der Waals surface area contributed by atoms with Crippen molar-refractivity contribution >= 4 is 17.2 Å². The second-order valence-electron chi connectivity index (χ2n) is 5.57. The van der Waals surface area contributed by atoms with Crippen molar-refractivity contribution in [3.05, 3.63) is 65.8 Å². The summed E-state index contributed by atoms with van der Waals surface area (Å²) >= 11 is 6.04. The van der Waals surface area contributed by atoms with Gasteiger partial charge in [-0.05, 0) is 24.6 Å². The van der Waals surface area contributed by atoms with Crippen molar-refractivity contribution < 1.29 is 18.3 Å². The van der Waals surface area contributed by atoms with Gasteiger partial charge in [0.1, 0.15) is 23.1 Å². The van der Waals surface area contributed by atoms with Crippen LogP contribution in [0.3, 0.4) is 0 Å². The van der Waals surface area contributed by atoms with Crippen LogP contribution in [-0.4, -0.2) is 19.6 Å². The molecular weight excluding hydrogens is 346 g/mol. The predicted molar refractivity (Wildman–Crippen MR) is 96.4 cm³/mol. The van der Waals surface area contributed by atoms with Gasteiger partial charge in [-0.2, -0.15) is 0 Å². The summed E-state index contributed by atoms with van der Waals surface area (Å²) in [4.78, 5) is 0. The zero-order valence-corrected chi connectivity index (χ0v) is 14.6. The van der Waals surface area contributed by atoms with Gasteiger partial charge in [0.25, 0.3) is 0 Å². The summed E-state index contributed by atoms with van der Waals surface area (Å²) in [7, 11) is 2.96. The predicted octanol–water partition coefficient (Wildman–Crippen LogP) is 5.76. The minimum absolute atomic E-state index is 0.321. The monoisotopic (exact) mass is 362 g/mol. The molecule has 0 amide bonds. The van der Waals surface area contributed by atoms with Crippen molar-refractivity contribution in [3.63, 3.8) is 0 Å². The molecule has 2 nitrogen and oxygen atoms in total. The average molecular weight is 363 g/mol. The molecule has 0 saturated heterocycles. The van der Waals surface area contributed by atoms with E-state index in [9.17, 15) is 8.78 Å². The van der Waals surface area contributed by atoms with Crippen LogP contribution in [0.4, 0.5) is 8.78 Å². The normalized spacial score (nSPS) is 16.9. The Morgan fingerprint density at radius 3 is 2.44 bits per heavy atom. The van der Waals surface area contributed by atoms with Gasteiger partial charge in [-0.3, -0.25) is 0 Å². The summed E-state index contributed by atoms with van der Waals surface area (Å²) in [6.45, 7) is 0. The van der Waals surface area contributed by atoms with Gasteiger partial charge in [0.2, 0.25) is 0 Å². The molecule has 130 valence electrons. The molecule has 25 heavy (non-hydrogen) atoms. The Morgan fingerprint density at radius 2 is 1.76 bits per heavy atom. The van der Waals surface area contributed by atoms with Gasteiger partial charge in [-0.1, -0.05) is 30.4 Å². The lowest BCUT2D eigenvalue weighted by molar-refractivity contribution is 0.396. The first kappa shape index (κ1) is 17.5. The van der Waals surface area contributed by atoms with Crippen LogP contribution >= 0.6 is 11.6 Å². The number of hydrogen-bond donors (Lipinski definition) is 0. The van der Waals surface area contributed by atoms with E-state index in [1.807, 2.05) is 6.08 Å². The third-order valence-corrected chi connectivity index (χ3v) is 4.51. The topological polar surface area (TPSA) is 18.5 Å². The molecule has 1 unspecified atom stereocenters. The van der Waals surface area contributed by atoms with Gasteiger partial charge in [-0.15, -0.1) is 11.6 Å². The van der Waals surface area contributed by atoms with Crippen LogP contribution in [0.2, 0.25) is 0 Å². The molecule has 0 aromatic heterocycles. The minimum atomic E-state index is -0.719. The number of ether oxygens (including phenoxy) is 2. The lowest BCUT2D eigenvalue weighted by atomic mass is 9.92. The van der Waals surface area contributed by atoms with Crippen LogP contribution in [0.1, 0.15) is 12.0 Å². The van der Waals surface area contributed by atoms with Crippen LogP contribution in [0, 0.1) is 5.82 Å². The molecule has 0 spiro atoms. The second-order valence-corrected chi connectivity index (χ2v) is 6.10. The first-order valence-corrected chi connectivity index (χ1v) is 8.22. The molecule has 0 N–H and O–H groups in total. The van der Waals surface area contributed by atoms with E-state index in [1.165, 1.54) is 20.3 Å². The number of hydrogen-bond acceptors (Lipinski definition) is 2. The molecule has 0 aliphatic heterocycles. The van der Waals surface area contributed by atoms with Crippen molar-refractivity contribution in [2.75, 3.05) is 14.2 Å². The maximum atomic E-state index is 14.6. The van der Waals surface area contributed by atoms with Crippen molar-refractivity contribution in [1.29, 1.82) is 0 Å². The van der Waals surface area contributed by atoms with Gasteiger partial charge in [-0.25, -0.2) is 8.78 Å². The first-order chi connectivity index (χ1) is 12.1. The number of allylic oxidation sites excluding steroid dienone is 4. The SMILES string of the molecule is COc1ccc(C2=C(F)C(Cl)CC=C2)c(OC)c1-c1ccccc1F. The van der Waals surface area contributed by atoms with Crippen molar-refractivity contribution in [2.45, 2.75) is 11.8 Å². The molecule has 3 rings (SSSR count). The third-order valence-electron chi connectivity index (χ3n) is 4.14. The summed E-state index contributed by atoms with van der Waals surface area (Å²) in [5, 5.41) is -0.719. The average Bonchev–Trinajstić information content (AvgIpc) is 2.63. The number of alkyl halides is 1. The molecular formula is C20H17ClF2O2. The molecule has 0 heterocycles. The van der Waals surface area contributed by atoms with E-state index in [2.05, 4.69) is 0 Å². The number of benzene rings is 2. The Kier molecular flexibility index (Phi) is 5.09. The highest BCUT2D eigenvalue weighted by molar-refractivity contribution is 6.23. The molecule has 1 aliphatic rings. The lowest BCUT2D eigenvalue weighted by Crippen LogP contribution is -2.06. The summed E-state index contributed by atoms with van der Waals surface area (Å²) in [5.41, 5.74) is 1.59. The largest absolute Gasteiger partial charge is 0.496 e.